The highest BCUT2D eigenvalue weighted by Crippen LogP contribution is 2.30. The molecule has 6 nitrogen and oxygen atoms in total. The number of nitrogens with zero attached hydrogens (tertiary/aromatic N) is 1. The number of hydrogen-bond acceptors (Lipinski definition) is 5. The molecule has 1 N–H and O–H groups in total. The Morgan fingerprint density at radius 3 is 2.34 bits per heavy atom. The van der Waals surface area contributed by atoms with Gasteiger partial charge in [-0.25, -0.2) is 0 Å². The van der Waals surface area contributed by atoms with Gasteiger partial charge in [-0.1, -0.05) is 63.4 Å². The summed E-state index contributed by atoms with van der Waals surface area (Å²) in [5.41, 5.74) is 2.89. The summed E-state index contributed by atoms with van der Waals surface area (Å²) in [4.78, 5) is 12.9. The van der Waals surface area contributed by atoms with E-state index in [2.05, 4.69) is 21.2 Å². The van der Waals surface area contributed by atoms with Crippen LogP contribution in [0.5, 0.6) is 17.2 Å². The van der Waals surface area contributed by atoms with Crippen LogP contribution < -0.4 is 19.5 Å². The molecule has 0 heterocycles. The van der Waals surface area contributed by atoms with Crippen LogP contribution in [0.2, 0.25) is 10.0 Å². The zero-order valence-electron chi connectivity index (χ0n) is 22.0. The summed E-state index contributed by atoms with van der Waals surface area (Å²) >= 11 is 15.6. The van der Waals surface area contributed by atoms with Crippen LogP contribution in [-0.4, -0.2) is 12.5 Å². The first-order valence-electron chi connectivity index (χ1n) is 12.6. The summed E-state index contributed by atoms with van der Waals surface area (Å²) in [5.74, 6) is 1.14. The molecule has 1 amide bonds. The zero-order valence-corrected chi connectivity index (χ0v) is 25.1. The number of carbonyl (C=O) groups is 1. The van der Waals surface area contributed by atoms with E-state index in [-0.39, 0.29) is 12.2 Å². The summed E-state index contributed by atoms with van der Waals surface area (Å²) in [6.07, 6.45) is 1.50. The van der Waals surface area contributed by atoms with Crippen LogP contribution in [0, 0.1) is 11.3 Å². The van der Waals surface area contributed by atoms with E-state index in [1.165, 1.54) is 6.08 Å². The maximum atomic E-state index is 12.9. The van der Waals surface area contributed by atoms with Gasteiger partial charge in [0, 0.05) is 25.8 Å². The van der Waals surface area contributed by atoms with E-state index in [0.717, 1.165) is 15.6 Å². The maximum Gasteiger partial charge on any atom is 0.266 e. The molecule has 0 saturated carbocycles. The van der Waals surface area contributed by atoms with Crippen LogP contribution in [0.25, 0.3) is 6.08 Å². The molecule has 41 heavy (non-hydrogen) atoms. The number of rotatable bonds is 11. The number of hydrogen-bond donors (Lipinski definition) is 1. The Bertz CT molecular complexity index is 1580. The molecule has 0 atom stereocenters. The Kier molecular flexibility index (Phi) is 10.7. The fraction of sp³-hybridized carbons (Fsp3) is 0.125. The van der Waals surface area contributed by atoms with Gasteiger partial charge in [0.05, 0.1) is 6.61 Å². The molecule has 0 bridgehead atoms. The monoisotopic (exact) mass is 650 g/mol. The summed E-state index contributed by atoms with van der Waals surface area (Å²) in [5, 5.41) is 13.5. The molecular formula is C32H25BrCl2N2O4. The molecule has 0 spiro atoms. The van der Waals surface area contributed by atoms with Gasteiger partial charge in [0.2, 0.25) is 0 Å². The Hall–Kier alpha value is -3.96. The number of nitriles is 1. The van der Waals surface area contributed by atoms with Crippen LogP contribution in [0.4, 0.5) is 5.69 Å². The van der Waals surface area contributed by atoms with Crippen LogP contribution in [0.15, 0.2) is 95.0 Å². The second-order valence-electron chi connectivity index (χ2n) is 8.73. The maximum absolute atomic E-state index is 12.9. The predicted molar refractivity (Wildman–Crippen MR) is 166 cm³/mol. The second kappa shape index (κ2) is 14.6. The lowest BCUT2D eigenvalue weighted by Gasteiger charge is -2.13. The fourth-order valence-electron chi connectivity index (χ4n) is 3.69. The Morgan fingerprint density at radius 2 is 1.66 bits per heavy atom. The Morgan fingerprint density at radius 1 is 0.902 bits per heavy atom. The predicted octanol–water partition coefficient (Wildman–Crippen LogP) is 8.86. The highest BCUT2D eigenvalue weighted by Gasteiger charge is 2.12. The van der Waals surface area contributed by atoms with Crippen molar-refractivity contribution in [2.24, 2.45) is 0 Å². The van der Waals surface area contributed by atoms with Crippen molar-refractivity contribution < 1.29 is 19.0 Å². The molecule has 0 aliphatic carbocycles. The number of nitrogens with one attached hydrogen (secondary N) is 1. The van der Waals surface area contributed by atoms with Crippen molar-refractivity contribution in [2.75, 3.05) is 11.9 Å². The number of ether oxygens (including phenoxy) is 3. The SMILES string of the molecule is CCOc1cc(/C=C(\C#N)C(=O)Nc2ccc(OCc3ccc(Cl)cc3Cl)cc2)ccc1OCc1ccc(Br)cc1. The Labute approximate surface area is 257 Å². The first-order valence-corrected chi connectivity index (χ1v) is 14.1. The number of anilines is 1. The third kappa shape index (κ3) is 8.76. The summed E-state index contributed by atoms with van der Waals surface area (Å²) in [7, 11) is 0. The van der Waals surface area contributed by atoms with Crippen molar-refractivity contribution in [3.05, 3.63) is 122 Å². The normalized spacial score (nSPS) is 11.0. The topological polar surface area (TPSA) is 80.6 Å². The molecule has 0 saturated heterocycles. The number of benzene rings is 4. The average molecular weight is 652 g/mol. The van der Waals surface area contributed by atoms with E-state index in [1.54, 1.807) is 60.7 Å². The van der Waals surface area contributed by atoms with Crippen molar-refractivity contribution in [3.8, 4) is 23.3 Å². The molecule has 208 valence electrons. The molecule has 4 aromatic rings. The van der Waals surface area contributed by atoms with Crippen molar-refractivity contribution in [1.82, 2.24) is 0 Å². The summed E-state index contributed by atoms with van der Waals surface area (Å²) in [6.45, 7) is 2.94. The van der Waals surface area contributed by atoms with Gasteiger partial charge in [-0.15, -0.1) is 0 Å². The van der Waals surface area contributed by atoms with Gasteiger partial charge >= 0.3 is 0 Å². The minimum atomic E-state index is -0.539. The molecule has 0 aliphatic heterocycles. The minimum Gasteiger partial charge on any atom is -0.490 e. The van der Waals surface area contributed by atoms with E-state index < -0.39 is 5.91 Å². The minimum absolute atomic E-state index is 0.0614. The van der Waals surface area contributed by atoms with E-state index in [0.29, 0.717) is 51.8 Å². The van der Waals surface area contributed by atoms with Gasteiger partial charge in [0.25, 0.3) is 5.91 Å². The molecule has 9 heteroatoms. The number of halogens is 3. The average Bonchev–Trinajstić information content (AvgIpc) is 2.96. The summed E-state index contributed by atoms with van der Waals surface area (Å²) < 4.78 is 18.5. The summed E-state index contributed by atoms with van der Waals surface area (Å²) in [6, 6.07) is 27.1. The first-order chi connectivity index (χ1) is 19.8. The van der Waals surface area contributed by atoms with Crippen molar-refractivity contribution >= 4 is 56.8 Å². The molecule has 0 unspecified atom stereocenters. The fourth-order valence-corrected chi connectivity index (χ4v) is 4.42. The van der Waals surface area contributed by atoms with Gasteiger partial charge in [0.15, 0.2) is 11.5 Å². The molecule has 0 fully saturated rings. The molecule has 4 rings (SSSR count). The van der Waals surface area contributed by atoms with Crippen molar-refractivity contribution in [1.29, 1.82) is 5.26 Å². The van der Waals surface area contributed by atoms with Crippen LogP contribution in [-0.2, 0) is 18.0 Å². The molecule has 4 aromatic carbocycles. The first kappa shape index (κ1) is 30.0. The largest absolute Gasteiger partial charge is 0.490 e. The standard InChI is InChI=1S/C32H25BrCl2N2O4/c1-2-39-31-16-22(5-14-30(31)41-19-21-3-7-25(33)8-4-21)15-24(18-36)32(38)37-27-10-12-28(13-11-27)40-20-23-6-9-26(34)17-29(23)35/h3-17H,2,19-20H2,1H3,(H,37,38)/b24-15+. The lowest BCUT2D eigenvalue weighted by Crippen LogP contribution is -2.13. The molecular weight excluding hydrogens is 627 g/mol. The van der Waals surface area contributed by atoms with Crippen molar-refractivity contribution in [2.45, 2.75) is 20.1 Å². The van der Waals surface area contributed by atoms with Gasteiger partial charge in [-0.3, -0.25) is 4.79 Å². The zero-order chi connectivity index (χ0) is 29.2. The quantitative estimate of drug-likeness (QED) is 0.129. The van der Waals surface area contributed by atoms with Crippen LogP contribution in [0.1, 0.15) is 23.6 Å². The smallest absolute Gasteiger partial charge is 0.266 e. The van der Waals surface area contributed by atoms with E-state index in [1.807, 2.05) is 37.3 Å². The third-order valence-corrected chi connectivity index (χ3v) is 6.89. The number of carbonyl (C=O) groups excluding carboxylic acids is 1. The molecule has 0 radical (unpaired) electrons. The van der Waals surface area contributed by atoms with Gasteiger partial charge in [-0.05, 0) is 84.8 Å². The molecule has 0 aliphatic rings. The van der Waals surface area contributed by atoms with Crippen molar-refractivity contribution in [3.63, 3.8) is 0 Å². The van der Waals surface area contributed by atoms with Gasteiger partial charge in [0.1, 0.15) is 30.6 Å². The second-order valence-corrected chi connectivity index (χ2v) is 10.5. The lowest BCUT2D eigenvalue weighted by molar-refractivity contribution is -0.112. The van der Waals surface area contributed by atoms with E-state index in [9.17, 15) is 10.1 Å². The highest BCUT2D eigenvalue weighted by atomic mass is 79.9. The van der Waals surface area contributed by atoms with Gasteiger partial charge in [-0.2, -0.15) is 5.26 Å². The molecule has 0 aromatic heterocycles. The Balaban J connectivity index is 1.39. The van der Waals surface area contributed by atoms with Crippen LogP contribution >= 0.6 is 39.1 Å². The lowest BCUT2D eigenvalue weighted by atomic mass is 10.1. The highest BCUT2D eigenvalue weighted by molar-refractivity contribution is 9.10. The number of amides is 1. The van der Waals surface area contributed by atoms with E-state index in [4.69, 9.17) is 37.4 Å². The van der Waals surface area contributed by atoms with E-state index >= 15 is 0 Å². The third-order valence-electron chi connectivity index (χ3n) is 5.77. The van der Waals surface area contributed by atoms with Crippen LogP contribution in [0.3, 0.4) is 0 Å². The van der Waals surface area contributed by atoms with Gasteiger partial charge < -0.3 is 19.5 Å².